The van der Waals surface area contributed by atoms with Crippen LogP contribution in [0.25, 0.3) is 0 Å². The molecule has 0 fully saturated rings. The van der Waals surface area contributed by atoms with E-state index in [2.05, 4.69) is 9.72 Å². The molecule has 0 unspecified atom stereocenters. The standard InChI is InChI=1S/C7H8F2N2O2/c1-13-4-2-3(5(8)9)7(12)11-6(4)10/h2,5H,1H3,(H3,10,11,12). The van der Waals surface area contributed by atoms with Crippen molar-refractivity contribution in [1.29, 1.82) is 0 Å². The number of aromatic amines is 1. The Labute approximate surface area is 72.3 Å². The Bertz CT molecular complexity index is 362. The number of aromatic nitrogens is 1. The molecule has 13 heavy (non-hydrogen) atoms. The van der Waals surface area contributed by atoms with E-state index in [0.29, 0.717) is 0 Å². The monoisotopic (exact) mass is 190 g/mol. The van der Waals surface area contributed by atoms with E-state index in [9.17, 15) is 13.6 Å². The zero-order valence-electron chi connectivity index (χ0n) is 6.80. The lowest BCUT2D eigenvalue weighted by molar-refractivity contribution is 0.149. The molecule has 0 aliphatic rings. The summed E-state index contributed by atoms with van der Waals surface area (Å²) in [6, 6.07) is 0.929. The first-order valence-corrected chi connectivity index (χ1v) is 3.41. The Balaban J connectivity index is 3.31. The van der Waals surface area contributed by atoms with Gasteiger partial charge in [-0.25, -0.2) is 8.78 Å². The summed E-state index contributed by atoms with van der Waals surface area (Å²) in [5.41, 5.74) is 3.73. The number of nitrogens with two attached hydrogens (primary N) is 1. The van der Waals surface area contributed by atoms with E-state index in [0.717, 1.165) is 6.07 Å². The zero-order chi connectivity index (χ0) is 10.0. The van der Waals surface area contributed by atoms with Crippen molar-refractivity contribution in [1.82, 2.24) is 4.98 Å². The van der Waals surface area contributed by atoms with Gasteiger partial charge in [0.1, 0.15) is 5.82 Å². The average molecular weight is 190 g/mol. The third kappa shape index (κ3) is 1.77. The van der Waals surface area contributed by atoms with Crippen molar-refractivity contribution >= 4 is 5.82 Å². The molecule has 0 saturated carbocycles. The van der Waals surface area contributed by atoms with Crippen molar-refractivity contribution in [3.63, 3.8) is 0 Å². The molecule has 0 aromatic carbocycles. The predicted molar refractivity (Wildman–Crippen MR) is 43.0 cm³/mol. The summed E-state index contributed by atoms with van der Waals surface area (Å²) in [6.07, 6.45) is -2.83. The van der Waals surface area contributed by atoms with E-state index >= 15 is 0 Å². The van der Waals surface area contributed by atoms with Crippen molar-refractivity contribution < 1.29 is 13.5 Å². The van der Waals surface area contributed by atoms with E-state index in [1.165, 1.54) is 7.11 Å². The number of H-pyrrole nitrogens is 1. The van der Waals surface area contributed by atoms with Crippen LogP contribution in [0.2, 0.25) is 0 Å². The summed E-state index contributed by atoms with van der Waals surface area (Å²) in [5.74, 6) is -0.0215. The molecule has 0 aliphatic heterocycles. The summed E-state index contributed by atoms with van der Waals surface area (Å²) in [6.45, 7) is 0. The maximum absolute atomic E-state index is 12.2. The summed E-state index contributed by atoms with van der Waals surface area (Å²) < 4.78 is 29.0. The minimum absolute atomic E-state index is 0.0369. The minimum atomic E-state index is -2.83. The maximum atomic E-state index is 12.2. The van der Waals surface area contributed by atoms with Crippen LogP contribution in [0.5, 0.6) is 5.75 Å². The van der Waals surface area contributed by atoms with Crippen LogP contribution in [0.3, 0.4) is 0 Å². The molecule has 0 bridgehead atoms. The molecule has 4 nitrogen and oxygen atoms in total. The number of rotatable bonds is 2. The molecule has 0 radical (unpaired) electrons. The summed E-state index contributed by atoms with van der Waals surface area (Å²) in [7, 11) is 1.28. The molecule has 6 heteroatoms. The Morgan fingerprint density at radius 2 is 2.23 bits per heavy atom. The minimum Gasteiger partial charge on any atom is -0.493 e. The van der Waals surface area contributed by atoms with Gasteiger partial charge in [-0.2, -0.15) is 0 Å². The molecule has 0 spiro atoms. The third-order valence-corrected chi connectivity index (χ3v) is 1.52. The number of nitrogen functional groups attached to an aromatic ring is 1. The second-order valence-electron chi connectivity index (χ2n) is 2.34. The molecule has 3 N–H and O–H groups in total. The van der Waals surface area contributed by atoms with Crippen LogP contribution in [-0.4, -0.2) is 12.1 Å². The van der Waals surface area contributed by atoms with Gasteiger partial charge in [0.15, 0.2) is 5.75 Å². The van der Waals surface area contributed by atoms with Crippen LogP contribution >= 0.6 is 0 Å². The number of hydrogen-bond acceptors (Lipinski definition) is 3. The molecule has 1 aromatic rings. The number of methoxy groups -OCH3 is 1. The fourth-order valence-corrected chi connectivity index (χ4v) is 0.872. The second-order valence-corrected chi connectivity index (χ2v) is 2.34. The molecular weight excluding hydrogens is 182 g/mol. The van der Waals surface area contributed by atoms with Crippen LogP contribution in [0.1, 0.15) is 12.0 Å². The molecule has 1 rings (SSSR count). The van der Waals surface area contributed by atoms with Gasteiger partial charge in [-0.1, -0.05) is 0 Å². The Morgan fingerprint density at radius 1 is 1.62 bits per heavy atom. The third-order valence-electron chi connectivity index (χ3n) is 1.52. The second kappa shape index (κ2) is 3.42. The van der Waals surface area contributed by atoms with Crippen molar-refractivity contribution in [2.75, 3.05) is 12.8 Å². The average Bonchev–Trinajstić information content (AvgIpc) is 2.03. The maximum Gasteiger partial charge on any atom is 0.269 e. The molecule has 0 saturated heterocycles. The molecule has 1 heterocycles. The lowest BCUT2D eigenvalue weighted by Crippen LogP contribution is -2.15. The number of nitrogens with one attached hydrogen (secondary N) is 1. The van der Waals surface area contributed by atoms with Gasteiger partial charge in [0.2, 0.25) is 0 Å². The fourth-order valence-electron chi connectivity index (χ4n) is 0.872. The number of hydrogen-bond donors (Lipinski definition) is 2. The van der Waals surface area contributed by atoms with Crippen LogP contribution in [0, 0.1) is 0 Å². The highest BCUT2D eigenvalue weighted by molar-refractivity contribution is 5.47. The van der Waals surface area contributed by atoms with Crippen LogP contribution in [0.15, 0.2) is 10.9 Å². The van der Waals surface area contributed by atoms with Gasteiger partial charge < -0.3 is 15.5 Å². The van der Waals surface area contributed by atoms with Gasteiger partial charge in [0, 0.05) is 0 Å². The molecule has 72 valence electrons. The van der Waals surface area contributed by atoms with Crippen LogP contribution < -0.4 is 16.0 Å². The lowest BCUT2D eigenvalue weighted by Gasteiger charge is -2.05. The molecule has 1 aromatic heterocycles. The smallest absolute Gasteiger partial charge is 0.269 e. The number of ether oxygens (including phenoxy) is 1. The highest BCUT2D eigenvalue weighted by Gasteiger charge is 2.14. The van der Waals surface area contributed by atoms with E-state index < -0.39 is 17.5 Å². The van der Waals surface area contributed by atoms with Gasteiger partial charge in [0.25, 0.3) is 12.0 Å². The van der Waals surface area contributed by atoms with E-state index in [1.807, 2.05) is 0 Å². The highest BCUT2D eigenvalue weighted by atomic mass is 19.3. The van der Waals surface area contributed by atoms with Crippen LogP contribution in [-0.2, 0) is 0 Å². The van der Waals surface area contributed by atoms with Crippen molar-refractivity contribution in [3.05, 3.63) is 22.0 Å². The van der Waals surface area contributed by atoms with Gasteiger partial charge in [-0.15, -0.1) is 0 Å². The Morgan fingerprint density at radius 3 is 2.69 bits per heavy atom. The lowest BCUT2D eigenvalue weighted by atomic mass is 10.2. The molecule has 0 amide bonds. The number of alkyl halides is 2. The van der Waals surface area contributed by atoms with E-state index in [1.54, 1.807) is 0 Å². The summed E-state index contributed by atoms with van der Waals surface area (Å²) >= 11 is 0. The zero-order valence-corrected chi connectivity index (χ0v) is 6.80. The van der Waals surface area contributed by atoms with Gasteiger partial charge >= 0.3 is 0 Å². The van der Waals surface area contributed by atoms with Crippen molar-refractivity contribution in [2.45, 2.75) is 6.43 Å². The molecular formula is C7H8F2N2O2. The predicted octanol–water partition coefficient (Wildman–Crippen LogP) is 0.903. The van der Waals surface area contributed by atoms with Gasteiger partial charge in [-0.05, 0) is 6.07 Å². The van der Waals surface area contributed by atoms with Crippen molar-refractivity contribution in [2.24, 2.45) is 0 Å². The van der Waals surface area contributed by atoms with Gasteiger partial charge in [0.05, 0.1) is 12.7 Å². The van der Waals surface area contributed by atoms with Gasteiger partial charge in [-0.3, -0.25) is 4.79 Å². The number of anilines is 1. The Hall–Kier alpha value is -1.59. The quantitative estimate of drug-likeness (QED) is 0.728. The fraction of sp³-hybridized carbons (Fsp3) is 0.286. The molecule has 0 aliphatic carbocycles. The first-order chi connectivity index (χ1) is 6.06. The number of halogens is 2. The van der Waals surface area contributed by atoms with E-state index in [-0.39, 0.29) is 11.6 Å². The van der Waals surface area contributed by atoms with Crippen molar-refractivity contribution in [3.8, 4) is 5.75 Å². The first kappa shape index (κ1) is 9.50. The first-order valence-electron chi connectivity index (χ1n) is 3.41. The molecule has 0 atom stereocenters. The van der Waals surface area contributed by atoms with Crippen LogP contribution in [0.4, 0.5) is 14.6 Å². The number of pyridine rings is 1. The largest absolute Gasteiger partial charge is 0.493 e. The summed E-state index contributed by atoms with van der Waals surface area (Å²) in [4.78, 5) is 12.9. The Kier molecular flexibility index (Phi) is 2.50. The SMILES string of the molecule is COc1cc(C(F)F)c(=O)[nH]c1N. The topological polar surface area (TPSA) is 68.1 Å². The van der Waals surface area contributed by atoms with E-state index in [4.69, 9.17) is 5.73 Å². The highest BCUT2D eigenvalue weighted by Crippen LogP contribution is 2.22. The normalized spacial score (nSPS) is 10.5. The summed E-state index contributed by atoms with van der Waals surface area (Å²) in [5, 5.41) is 0.